The highest BCUT2D eigenvalue weighted by atomic mass is 16.5. The SMILES string of the molecule is COc1cccc(NC(=O)N2CCC(n3ccnn3)C2)c1OC. The number of nitrogens with zero attached hydrogens (tertiary/aromatic N) is 4. The monoisotopic (exact) mass is 317 g/mol. The summed E-state index contributed by atoms with van der Waals surface area (Å²) in [4.78, 5) is 14.2. The van der Waals surface area contributed by atoms with Crippen molar-refractivity contribution in [3.05, 3.63) is 30.6 Å². The van der Waals surface area contributed by atoms with Crippen LogP contribution in [0.3, 0.4) is 0 Å². The van der Waals surface area contributed by atoms with Gasteiger partial charge in [0.05, 0.1) is 32.1 Å². The summed E-state index contributed by atoms with van der Waals surface area (Å²) in [7, 11) is 3.11. The van der Waals surface area contributed by atoms with Crippen molar-refractivity contribution in [1.82, 2.24) is 19.9 Å². The number of hydrogen-bond donors (Lipinski definition) is 1. The second-order valence-corrected chi connectivity index (χ2v) is 5.24. The molecule has 1 aromatic carbocycles. The Bertz CT molecular complexity index is 674. The van der Waals surface area contributed by atoms with Gasteiger partial charge in [0, 0.05) is 19.3 Å². The van der Waals surface area contributed by atoms with E-state index in [4.69, 9.17) is 9.47 Å². The van der Waals surface area contributed by atoms with Crippen molar-refractivity contribution in [1.29, 1.82) is 0 Å². The number of urea groups is 1. The van der Waals surface area contributed by atoms with E-state index >= 15 is 0 Å². The number of amides is 2. The van der Waals surface area contributed by atoms with Crippen LogP contribution in [0.5, 0.6) is 11.5 Å². The van der Waals surface area contributed by atoms with Crippen LogP contribution >= 0.6 is 0 Å². The molecule has 3 rings (SSSR count). The lowest BCUT2D eigenvalue weighted by Gasteiger charge is -2.19. The number of rotatable bonds is 4. The minimum absolute atomic E-state index is 0.162. The van der Waals surface area contributed by atoms with E-state index in [9.17, 15) is 4.79 Å². The summed E-state index contributed by atoms with van der Waals surface area (Å²) >= 11 is 0. The van der Waals surface area contributed by atoms with Crippen LogP contribution in [-0.4, -0.2) is 53.2 Å². The second kappa shape index (κ2) is 6.55. The normalized spacial score (nSPS) is 17.1. The molecule has 1 aromatic heterocycles. The zero-order chi connectivity index (χ0) is 16.2. The van der Waals surface area contributed by atoms with Gasteiger partial charge in [-0.2, -0.15) is 0 Å². The Hall–Kier alpha value is -2.77. The van der Waals surface area contributed by atoms with Gasteiger partial charge in [0.1, 0.15) is 0 Å². The molecule has 1 N–H and O–H groups in total. The lowest BCUT2D eigenvalue weighted by molar-refractivity contribution is 0.220. The Morgan fingerprint density at radius 2 is 2.22 bits per heavy atom. The molecule has 1 saturated heterocycles. The largest absolute Gasteiger partial charge is 0.493 e. The minimum Gasteiger partial charge on any atom is -0.493 e. The molecule has 0 bridgehead atoms. The molecule has 0 saturated carbocycles. The maximum Gasteiger partial charge on any atom is 0.322 e. The maximum atomic E-state index is 12.5. The Morgan fingerprint density at radius 3 is 2.91 bits per heavy atom. The van der Waals surface area contributed by atoms with E-state index in [0.29, 0.717) is 30.3 Å². The van der Waals surface area contributed by atoms with Crippen LogP contribution in [0.25, 0.3) is 0 Å². The molecule has 2 aromatic rings. The quantitative estimate of drug-likeness (QED) is 0.929. The van der Waals surface area contributed by atoms with Gasteiger partial charge in [0.15, 0.2) is 11.5 Å². The number of likely N-dealkylation sites (tertiary alicyclic amines) is 1. The third-order valence-electron chi connectivity index (χ3n) is 3.91. The van der Waals surface area contributed by atoms with Crippen LogP contribution in [0, 0.1) is 0 Å². The van der Waals surface area contributed by atoms with Crippen molar-refractivity contribution in [2.45, 2.75) is 12.5 Å². The molecule has 0 radical (unpaired) electrons. The summed E-state index contributed by atoms with van der Waals surface area (Å²) in [5.41, 5.74) is 0.584. The molecular weight excluding hydrogens is 298 g/mol. The molecule has 1 unspecified atom stereocenters. The highest BCUT2D eigenvalue weighted by Gasteiger charge is 2.28. The summed E-state index contributed by atoms with van der Waals surface area (Å²) in [6.07, 6.45) is 4.31. The van der Waals surface area contributed by atoms with Crippen LogP contribution in [0.2, 0.25) is 0 Å². The Balaban J connectivity index is 1.68. The van der Waals surface area contributed by atoms with Gasteiger partial charge in [-0.05, 0) is 18.6 Å². The van der Waals surface area contributed by atoms with Crippen LogP contribution in [-0.2, 0) is 0 Å². The van der Waals surface area contributed by atoms with E-state index in [0.717, 1.165) is 6.42 Å². The van der Waals surface area contributed by atoms with Crippen molar-refractivity contribution in [2.24, 2.45) is 0 Å². The lowest BCUT2D eigenvalue weighted by Crippen LogP contribution is -2.33. The van der Waals surface area contributed by atoms with Crippen LogP contribution < -0.4 is 14.8 Å². The first-order valence-corrected chi connectivity index (χ1v) is 7.35. The fourth-order valence-corrected chi connectivity index (χ4v) is 2.73. The summed E-state index contributed by atoms with van der Waals surface area (Å²) in [5, 5.41) is 10.7. The second-order valence-electron chi connectivity index (χ2n) is 5.24. The lowest BCUT2D eigenvalue weighted by atomic mass is 10.2. The van der Waals surface area contributed by atoms with E-state index < -0.39 is 0 Å². The summed E-state index contributed by atoms with van der Waals surface area (Å²) in [6.45, 7) is 1.27. The number of aromatic nitrogens is 3. The maximum absolute atomic E-state index is 12.5. The van der Waals surface area contributed by atoms with E-state index in [1.807, 2.05) is 6.20 Å². The van der Waals surface area contributed by atoms with E-state index in [1.54, 1.807) is 48.2 Å². The van der Waals surface area contributed by atoms with Gasteiger partial charge in [-0.1, -0.05) is 11.3 Å². The number of ether oxygens (including phenoxy) is 2. The number of benzene rings is 1. The molecule has 2 heterocycles. The van der Waals surface area contributed by atoms with Crippen LogP contribution in [0.1, 0.15) is 12.5 Å². The number of anilines is 1. The van der Waals surface area contributed by atoms with Gasteiger partial charge in [0.25, 0.3) is 0 Å². The number of nitrogens with one attached hydrogen (secondary N) is 1. The van der Waals surface area contributed by atoms with E-state index in [2.05, 4.69) is 15.6 Å². The number of carbonyl (C=O) groups is 1. The van der Waals surface area contributed by atoms with E-state index in [-0.39, 0.29) is 12.1 Å². The van der Waals surface area contributed by atoms with E-state index in [1.165, 1.54) is 0 Å². The first-order valence-electron chi connectivity index (χ1n) is 7.35. The highest BCUT2D eigenvalue weighted by Crippen LogP contribution is 2.35. The molecule has 8 nitrogen and oxygen atoms in total. The number of carbonyl (C=O) groups excluding carboxylic acids is 1. The van der Waals surface area contributed by atoms with Crippen LogP contribution in [0.4, 0.5) is 10.5 Å². The smallest absolute Gasteiger partial charge is 0.322 e. The topological polar surface area (TPSA) is 81.5 Å². The van der Waals surface area contributed by atoms with Gasteiger partial charge in [-0.25, -0.2) is 9.48 Å². The molecule has 0 aliphatic carbocycles. The average Bonchev–Trinajstić information content (AvgIpc) is 3.25. The third-order valence-corrected chi connectivity index (χ3v) is 3.91. The summed E-state index contributed by atoms with van der Waals surface area (Å²) in [6, 6.07) is 5.36. The average molecular weight is 317 g/mol. The molecule has 23 heavy (non-hydrogen) atoms. The van der Waals surface area contributed by atoms with Gasteiger partial charge in [0.2, 0.25) is 0 Å². The standard InChI is InChI=1S/C15H19N5O3/c1-22-13-5-3-4-12(14(13)23-2)17-15(21)19-8-6-11(10-19)20-9-7-16-18-20/h3-5,7,9,11H,6,8,10H2,1-2H3,(H,17,21). The highest BCUT2D eigenvalue weighted by molar-refractivity contribution is 5.91. The van der Waals surface area contributed by atoms with Gasteiger partial charge >= 0.3 is 6.03 Å². The van der Waals surface area contributed by atoms with Crippen molar-refractivity contribution in [2.75, 3.05) is 32.6 Å². The van der Waals surface area contributed by atoms with Crippen molar-refractivity contribution >= 4 is 11.7 Å². The third kappa shape index (κ3) is 3.05. The predicted octanol–water partition coefficient (Wildman–Crippen LogP) is 1.77. The zero-order valence-corrected chi connectivity index (χ0v) is 13.1. The van der Waals surface area contributed by atoms with Crippen molar-refractivity contribution < 1.29 is 14.3 Å². The van der Waals surface area contributed by atoms with Crippen molar-refractivity contribution in [3.63, 3.8) is 0 Å². The van der Waals surface area contributed by atoms with Gasteiger partial charge < -0.3 is 19.7 Å². The van der Waals surface area contributed by atoms with Crippen LogP contribution in [0.15, 0.2) is 30.6 Å². The first-order chi connectivity index (χ1) is 11.2. The fraction of sp³-hybridized carbons (Fsp3) is 0.400. The molecule has 1 atom stereocenters. The number of para-hydroxylation sites is 1. The Morgan fingerprint density at radius 1 is 1.35 bits per heavy atom. The number of hydrogen-bond acceptors (Lipinski definition) is 5. The zero-order valence-electron chi connectivity index (χ0n) is 13.1. The number of methoxy groups -OCH3 is 2. The Labute approximate surface area is 134 Å². The molecule has 1 aliphatic heterocycles. The molecule has 1 fully saturated rings. The minimum atomic E-state index is -0.167. The molecule has 2 amide bonds. The predicted molar refractivity (Wildman–Crippen MR) is 83.8 cm³/mol. The molecular formula is C15H19N5O3. The molecule has 1 aliphatic rings. The summed E-state index contributed by atoms with van der Waals surface area (Å²) in [5.74, 6) is 1.09. The van der Waals surface area contributed by atoms with Crippen molar-refractivity contribution in [3.8, 4) is 11.5 Å². The molecule has 122 valence electrons. The Kier molecular flexibility index (Phi) is 4.31. The first kappa shape index (κ1) is 15.1. The molecule has 0 spiro atoms. The molecule has 8 heteroatoms. The fourth-order valence-electron chi connectivity index (χ4n) is 2.73. The van der Waals surface area contributed by atoms with Gasteiger partial charge in [-0.3, -0.25) is 0 Å². The van der Waals surface area contributed by atoms with Gasteiger partial charge in [-0.15, -0.1) is 5.10 Å². The summed E-state index contributed by atoms with van der Waals surface area (Å²) < 4.78 is 12.4.